The molecule has 0 unspecified atom stereocenters. The number of ketones is 2. The summed E-state index contributed by atoms with van der Waals surface area (Å²) < 4.78 is 12.7. The van der Waals surface area contributed by atoms with E-state index in [1.807, 2.05) is 0 Å². The van der Waals surface area contributed by atoms with Gasteiger partial charge in [0.15, 0.2) is 11.4 Å². The molecule has 0 saturated carbocycles. The molecule has 0 spiro atoms. The van der Waals surface area contributed by atoms with Crippen molar-refractivity contribution in [3.63, 3.8) is 0 Å². The van der Waals surface area contributed by atoms with Crippen molar-refractivity contribution in [2.45, 2.75) is 6.92 Å². The molecular formula is C13H13ClN4O4S. The van der Waals surface area contributed by atoms with Crippen molar-refractivity contribution >= 4 is 41.0 Å². The maximum Gasteiger partial charge on any atom is 0.409 e. The Morgan fingerprint density at radius 2 is 1.78 bits per heavy atom. The molecule has 1 aliphatic carbocycles. The number of amides is 1. The number of nitrogens with zero attached hydrogens (tertiary/aromatic N) is 4. The van der Waals surface area contributed by atoms with Crippen LogP contribution >= 0.6 is 23.3 Å². The number of carbonyl (C=O) groups is 3. The van der Waals surface area contributed by atoms with E-state index in [9.17, 15) is 14.4 Å². The van der Waals surface area contributed by atoms with Crippen LogP contribution in [-0.4, -0.2) is 69.0 Å². The molecule has 1 aliphatic heterocycles. The normalized spacial score (nSPS) is 18.3. The summed E-state index contributed by atoms with van der Waals surface area (Å²) in [5.74, 6) is -0.888. The number of Topliss-reactive ketones (excluding diaryl/α,β-unsaturated/α-hetero) is 2. The molecule has 1 aromatic rings. The van der Waals surface area contributed by atoms with E-state index < -0.39 is 11.6 Å². The van der Waals surface area contributed by atoms with Crippen molar-refractivity contribution < 1.29 is 19.1 Å². The first-order valence-corrected chi connectivity index (χ1v) is 8.13. The highest BCUT2D eigenvalue weighted by Gasteiger charge is 2.38. The van der Waals surface area contributed by atoms with Gasteiger partial charge in [0, 0.05) is 26.2 Å². The molecular weight excluding hydrogens is 344 g/mol. The van der Waals surface area contributed by atoms with Gasteiger partial charge in [-0.1, -0.05) is 11.6 Å². The Morgan fingerprint density at radius 3 is 2.39 bits per heavy atom. The average molecular weight is 357 g/mol. The van der Waals surface area contributed by atoms with Gasteiger partial charge in [-0.15, -0.1) is 0 Å². The second-order valence-corrected chi connectivity index (χ2v) is 5.86. The molecule has 0 atom stereocenters. The zero-order valence-corrected chi connectivity index (χ0v) is 13.8. The Labute approximate surface area is 141 Å². The summed E-state index contributed by atoms with van der Waals surface area (Å²) in [6, 6.07) is 0. The third kappa shape index (κ3) is 2.70. The van der Waals surface area contributed by atoms with Gasteiger partial charge < -0.3 is 14.5 Å². The molecule has 1 saturated heterocycles. The number of aromatic nitrogens is 2. The minimum atomic E-state index is -0.488. The van der Waals surface area contributed by atoms with E-state index in [4.69, 9.17) is 16.3 Å². The molecule has 1 aromatic heterocycles. The Morgan fingerprint density at radius 1 is 1.17 bits per heavy atom. The van der Waals surface area contributed by atoms with Gasteiger partial charge in [-0.2, -0.15) is 8.75 Å². The van der Waals surface area contributed by atoms with Gasteiger partial charge >= 0.3 is 6.09 Å². The quantitative estimate of drug-likeness (QED) is 0.784. The number of carbonyl (C=O) groups excluding carboxylic acids is 3. The second kappa shape index (κ2) is 6.25. The summed E-state index contributed by atoms with van der Waals surface area (Å²) in [5.41, 5.74) is 0.200. The fourth-order valence-electron chi connectivity index (χ4n) is 2.52. The first-order valence-electron chi connectivity index (χ1n) is 7.03. The van der Waals surface area contributed by atoms with Crippen LogP contribution in [0.3, 0.4) is 0 Å². The lowest BCUT2D eigenvalue weighted by Crippen LogP contribution is -2.50. The SMILES string of the molecule is CCOC(=O)N1CCN(C2=C(Cl)C(=O)c3nsnc3C2=O)CC1. The van der Waals surface area contributed by atoms with Crippen molar-refractivity contribution in [3.8, 4) is 0 Å². The highest BCUT2D eigenvalue weighted by Crippen LogP contribution is 2.30. The fourth-order valence-corrected chi connectivity index (χ4v) is 3.36. The monoisotopic (exact) mass is 356 g/mol. The van der Waals surface area contributed by atoms with Crippen molar-refractivity contribution in [2.24, 2.45) is 0 Å². The van der Waals surface area contributed by atoms with Crippen molar-refractivity contribution in [2.75, 3.05) is 32.8 Å². The lowest BCUT2D eigenvalue weighted by atomic mass is 10.0. The van der Waals surface area contributed by atoms with E-state index in [1.165, 1.54) is 0 Å². The number of piperazine rings is 1. The fraction of sp³-hybridized carbons (Fsp3) is 0.462. The summed E-state index contributed by atoms with van der Waals surface area (Å²) in [4.78, 5) is 39.7. The number of fused-ring (bicyclic) bond motifs is 1. The van der Waals surface area contributed by atoms with Crippen LogP contribution in [-0.2, 0) is 4.74 Å². The Bertz CT molecular complexity index is 709. The minimum absolute atomic E-state index is 0.0129. The van der Waals surface area contributed by atoms with Crippen molar-refractivity contribution in [1.29, 1.82) is 0 Å². The van der Waals surface area contributed by atoms with Crippen LogP contribution in [0.25, 0.3) is 0 Å². The Kier molecular flexibility index (Phi) is 4.31. The third-order valence-corrected chi connectivity index (χ3v) is 4.54. The number of rotatable bonds is 2. The van der Waals surface area contributed by atoms with E-state index in [-0.39, 0.29) is 28.2 Å². The van der Waals surface area contributed by atoms with Gasteiger partial charge in [0.05, 0.1) is 18.3 Å². The predicted octanol–water partition coefficient (Wildman–Crippen LogP) is 1.14. The van der Waals surface area contributed by atoms with Crippen molar-refractivity contribution in [1.82, 2.24) is 18.5 Å². The van der Waals surface area contributed by atoms with Crippen LogP contribution in [0.2, 0.25) is 0 Å². The zero-order valence-electron chi connectivity index (χ0n) is 12.2. The lowest BCUT2D eigenvalue weighted by molar-refractivity contribution is 0.0803. The maximum atomic E-state index is 12.5. The molecule has 8 nitrogen and oxygen atoms in total. The summed E-state index contributed by atoms with van der Waals surface area (Å²) in [5, 5.41) is -0.139. The smallest absolute Gasteiger partial charge is 0.409 e. The maximum absolute atomic E-state index is 12.5. The van der Waals surface area contributed by atoms with E-state index in [2.05, 4.69) is 8.75 Å². The first kappa shape index (κ1) is 15.9. The van der Waals surface area contributed by atoms with Crippen LogP contribution < -0.4 is 0 Å². The van der Waals surface area contributed by atoms with E-state index >= 15 is 0 Å². The molecule has 1 fully saturated rings. The number of hydrogen-bond acceptors (Lipinski definition) is 8. The first-order chi connectivity index (χ1) is 11.0. The largest absolute Gasteiger partial charge is 0.450 e. The van der Waals surface area contributed by atoms with Crippen molar-refractivity contribution in [3.05, 3.63) is 22.1 Å². The molecule has 2 aliphatic rings. The van der Waals surface area contributed by atoms with Gasteiger partial charge in [-0.25, -0.2) is 4.79 Å². The molecule has 1 amide bonds. The summed E-state index contributed by atoms with van der Waals surface area (Å²) in [6.07, 6.45) is -0.385. The summed E-state index contributed by atoms with van der Waals surface area (Å²) in [6.45, 7) is 3.59. The van der Waals surface area contributed by atoms with Gasteiger partial charge in [0.2, 0.25) is 11.6 Å². The molecule has 122 valence electrons. The molecule has 23 heavy (non-hydrogen) atoms. The third-order valence-electron chi connectivity index (χ3n) is 3.66. The highest BCUT2D eigenvalue weighted by atomic mass is 35.5. The molecule has 3 rings (SSSR count). The van der Waals surface area contributed by atoms with Crippen LogP contribution in [0.5, 0.6) is 0 Å². The Hall–Kier alpha value is -2.00. The lowest BCUT2D eigenvalue weighted by Gasteiger charge is -2.36. The number of halogens is 1. The van der Waals surface area contributed by atoms with E-state index in [1.54, 1.807) is 16.7 Å². The number of hydrogen-bond donors (Lipinski definition) is 0. The molecule has 0 radical (unpaired) electrons. The molecule has 10 heteroatoms. The predicted molar refractivity (Wildman–Crippen MR) is 81.6 cm³/mol. The van der Waals surface area contributed by atoms with Gasteiger partial charge in [0.1, 0.15) is 10.7 Å². The highest BCUT2D eigenvalue weighted by molar-refractivity contribution is 6.99. The van der Waals surface area contributed by atoms with E-state index in [0.717, 1.165) is 11.7 Å². The molecule has 2 heterocycles. The zero-order chi connectivity index (χ0) is 16.6. The summed E-state index contributed by atoms with van der Waals surface area (Å²) >= 11 is 6.90. The van der Waals surface area contributed by atoms with Crippen LogP contribution in [0.1, 0.15) is 27.9 Å². The molecule has 0 aromatic carbocycles. The second-order valence-electron chi connectivity index (χ2n) is 4.96. The van der Waals surface area contributed by atoms with Crippen LogP contribution in [0.4, 0.5) is 4.79 Å². The van der Waals surface area contributed by atoms with Gasteiger partial charge in [0.25, 0.3) is 0 Å². The molecule has 0 bridgehead atoms. The topological polar surface area (TPSA) is 92.7 Å². The van der Waals surface area contributed by atoms with Gasteiger partial charge in [-0.05, 0) is 6.92 Å². The van der Waals surface area contributed by atoms with Gasteiger partial charge in [-0.3, -0.25) is 9.59 Å². The Balaban J connectivity index is 1.78. The van der Waals surface area contributed by atoms with Crippen LogP contribution in [0.15, 0.2) is 10.7 Å². The minimum Gasteiger partial charge on any atom is -0.450 e. The number of allylic oxidation sites excluding steroid dienone is 2. The van der Waals surface area contributed by atoms with Crippen LogP contribution in [0, 0.1) is 0 Å². The summed E-state index contributed by atoms with van der Waals surface area (Å²) in [7, 11) is 0. The van der Waals surface area contributed by atoms with E-state index in [0.29, 0.717) is 32.8 Å². The average Bonchev–Trinajstić information content (AvgIpc) is 3.04. The number of ether oxygens (including phenoxy) is 1. The molecule has 0 N–H and O–H groups in total. The standard InChI is InChI=1S/C13H13ClN4O4S/c1-2-22-13(21)18-5-3-17(4-6-18)10-7(14)11(19)8-9(12(10)20)16-23-15-8/h2-6H2,1H3.